The summed E-state index contributed by atoms with van der Waals surface area (Å²) in [6.07, 6.45) is 0. The molecule has 0 atom stereocenters. The molecular formula is C13H11ClF2N2O2S. The van der Waals surface area contributed by atoms with Crippen molar-refractivity contribution >= 4 is 33.0 Å². The molecule has 112 valence electrons. The van der Waals surface area contributed by atoms with E-state index in [1.165, 1.54) is 25.2 Å². The molecule has 4 nitrogen and oxygen atoms in total. The molecule has 0 bridgehead atoms. The molecular weight excluding hydrogens is 322 g/mol. The topological polar surface area (TPSA) is 63.4 Å². The monoisotopic (exact) mass is 332 g/mol. The van der Waals surface area contributed by atoms with Crippen LogP contribution < -0.4 is 10.0 Å². The number of nitrogens with two attached hydrogens (primary N) is 1. The second-order valence-electron chi connectivity index (χ2n) is 4.23. The number of nitrogen functional groups attached to an aromatic ring is 1. The minimum Gasteiger partial charge on any atom is -0.396 e. The highest BCUT2D eigenvalue weighted by Crippen LogP contribution is 2.31. The molecule has 0 unspecified atom stereocenters. The highest BCUT2D eigenvalue weighted by Gasteiger charge is 2.26. The van der Waals surface area contributed by atoms with Crippen LogP contribution in [0.4, 0.5) is 20.2 Å². The summed E-state index contributed by atoms with van der Waals surface area (Å²) in [6, 6.07) is 7.06. The van der Waals surface area contributed by atoms with E-state index < -0.39 is 26.6 Å². The molecule has 0 heterocycles. The molecule has 0 fully saturated rings. The average Bonchev–Trinajstić information content (AvgIpc) is 2.42. The maximum atomic E-state index is 13.7. The molecule has 0 aliphatic carbocycles. The lowest BCUT2D eigenvalue weighted by Crippen LogP contribution is -2.27. The number of benzene rings is 2. The summed E-state index contributed by atoms with van der Waals surface area (Å²) in [5, 5.41) is -0.329. The van der Waals surface area contributed by atoms with E-state index in [0.29, 0.717) is 0 Å². The lowest BCUT2D eigenvalue weighted by atomic mass is 10.3. The third-order valence-electron chi connectivity index (χ3n) is 2.88. The molecule has 8 heteroatoms. The Labute approximate surface area is 125 Å². The van der Waals surface area contributed by atoms with Crippen molar-refractivity contribution in [3.63, 3.8) is 0 Å². The maximum Gasteiger partial charge on any atom is 0.265 e. The Morgan fingerprint density at radius 1 is 1.14 bits per heavy atom. The van der Waals surface area contributed by atoms with E-state index in [1.807, 2.05) is 0 Å². The second-order valence-corrected chi connectivity index (χ2v) is 6.57. The maximum absolute atomic E-state index is 13.7. The standard InChI is InChI=1S/C13H11ClF2N2O2S/c1-18(12-5-3-2-4-9(12)15)21(19,20)13-7-11(17)10(16)6-8(13)14/h2-7H,17H2,1H3. The summed E-state index contributed by atoms with van der Waals surface area (Å²) in [5.41, 5.74) is 4.85. The van der Waals surface area contributed by atoms with Crippen molar-refractivity contribution in [2.24, 2.45) is 0 Å². The minimum atomic E-state index is -4.17. The van der Waals surface area contributed by atoms with E-state index in [9.17, 15) is 17.2 Å². The first-order chi connectivity index (χ1) is 9.75. The van der Waals surface area contributed by atoms with Crippen LogP contribution >= 0.6 is 11.6 Å². The van der Waals surface area contributed by atoms with Gasteiger partial charge in [0.1, 0.15) is 16.5 Å². The molecule has 0 aliphatic rings. The zero-order valence-corrected chi connectivity index (χ0v) is 12.4. The van der Waals surface area contributed by atoms with Crippen molar-refractivity contribution in [1.29, 1.82) is 0 Å². The normalized spacial score (nSPS) is 11.4. The number of anilines is 2. The molecule has 0 saturated heterocycles. The van der Waals surface area contributed by atoms with Gasteiger partial charge < -0.3 is 5.73 Å². The summed E-state index contributed by atoms with van der Waals surface area (Å²) in [6.45, 7) is 0. The zero-order chi connectivity index (χ0) is 15.8. The van der Waals surface area contributed by atoms with Crippen molar-refractivity contribution in [3.8, 4) is 0 Å². The Morgan fingerprint density at radius 2 is 1.76 bits per heavy atom. The Hall–Kier alpha value is -1.86. The lowest BCUT2D eigenvalue weighted by molar-refractivity contribution is 0.589. The molecule has 0 aromatic heterocycles. The van der Waals surface area contributed by atoms with E-state index in [1.54, 1.807) is 0 Å². The number of rotatable bonds is 3. The minimum absolute atomic E-state index is 0.156. The van der Waals surface area contributed by atoms with Crippen molar-refractivity contribution in [2.75, 3.05) is 17.1 Å². The predicted molar refractivity (Wildman–Crippen MR) is 77.8 cm³/mol. The van der Waals surface area contributed by atoms with Gasteiger partial charge in [0.15, 0.2) is 0 Å². The summed E-state index contributed by atoms with van der Waals surface area (Å²) in [4.78, 5) is -0.395. The van der Waals surface area contributed by atoms with Gasteiger partial charge in [0.2, 0.25) is 0 Å². The van der Waals surface area contributed by atoms with E-state index in [2.05, 4.69) is 0 Å². The summed E-state index contributed by atoms with van der Waals surface area (Å²) in [5.74, 6) is -1.54. The molecule has 0 aliphatic heterocycles. The number of nitrogens with zero attached hydrogens (tertiary/aromatic N) is 1. The van der Waals surface area contributed by atoms with Crippen LogP contribution in [0.3, 0.4) is 0 Å². The van der Waals surface area contributed by atoms with Gasteiger partial charge in [0.05, 0.1) is 16.4 Å². The van der Waals surface area contributed by atoms with Crippen molar-refractivity contribution in [3.05, 3.63) is 53.1 Å². The van der Waals surface area contributed by atoms with Crippen molar-refractivity contribution in [2.45, 2.75) is 4.90 Å². The van der Waals surface area contributed by atoms with Crippen LogP contribution in [0.1, 0.15) is 0 Å². The average molecular weight is 333 g/mol. The molecule has 0 spiro atoms. The van der Waals surface area contributed by atoms with Crippen LogP contribution in [-0.2, 0) is 10.0 Å². The molecule has 2 aromatic rings. The number of para-hydroxylation sites is 1. The van der Waals surface area contributed by atoms with E-state index in [4.69, 9.17) is 17.3 Å². The number of sulfonamides is 1. The van der Waals surface area contributed by atoms with Crippen LogP contribution in [0.25, 0.3) is 0 Å². The fraction of sp³-hybridized carbons (Fsp3) is 0.0769. The third kappa shape index (κ3) is 2.79. The smallest absolute Gasteiger partial charge is 0.265 e. The van der Waals surface area contributed by atoms with Crippen LogP contribution in [-0.4, -0.2) is 15.5 Å². The Bertz CT molecular complexity index is 797. The van der Waals surface area contributed by atoms with Gasteiger partial charge in [-0.15, -0.1) is 0 Å². The van der Waals surface area contributed by atoms with Gasteiger partial charge in [-0.1, -0.05) is 23.7 Å². The Morgan fingerprint density at radius 3 is 2.38 bits per heavy atom. The van der Waals surface area contributed by atoms with Gasteiger partial charge in [0.25, 0.3) is 10.0 Å². The Balaban J connectivity index is 2.58. The van der Waals surface area contributed by atoms with Gasteiger partial charge in [0, 0.05) is 7.05 Å². The lowest BCUT2D eigenvalue weighted by Gasteiger charge is -2.21. The molecule has 0 saturated carbocycles. The quantitative estimate of drug-likeness (QED) is 0.879. The molecule has 0 radical (unpaired) electrons. The summed E-state index contributed by atoms with van der Waals surface area (Å²) in [7, 11) is -3.00. The SMILES string of the molecule is CN(c1ccccc1F)S(=O)(=O)c1cc(N)c(F)cc1Cl. The van der Waals surface area contributed by atoms with Crippen LogP contribution in [0.15, 0.2) is 41.3 Å². The first kappa shape index (κ1) is 15.5. The van der Waals surface area contributed by atoms with Gasteiger partial charge in [-0.05, 0) is 24.3 Å². The van der Waals surface area contributed by atoms with E-state index in [-0.39, 0.29) is 16.4 Å². The zero-order valence-electron chi connectivity index (χ0n) is 10.8. The third-order valence-corrected chi connectivity index (χ3v) is 5.12. The largest absolute Gasteiger partial charge is 0.396 e. The molecule has 0 amide bonds. The fourth-order valence-electron chi connectivity index (χ4n) is 1.73. The van der Waals surface area contributed by atoms with Crippen LogP contribution in [0.2, 0.25) is 5.02 Å². The first-order valence-electron chi connectivity index (χ1n) is 5.73. The molecule has 21 heavy (non-hydrogen) atoms. The van der Waals surface area contributed by atoms with Gasteiger partial charge in [-0.25, -0.2) is 17.2 Å². The van der Waals surface area contributed by atoms with E-state index in [0.717, 1.165) is 22.5 Å². The van der Waals surface area contributed by atoms with Crippen molar-refractivity contribution in [1.82, 2.24) is 0 Å². The van der Waals surface area contributed by atoms with Gasteiger partial charge in [-0.2, -0.15) is 0 Å². The predicted octanol–water partition coefficient (Wildman–Crippen LogP) is 3.03. The highest BCUT2D eigenvalue weighted by molar-refractivity contribution is 7.93. The second kappa shape index (κ2) is 5.50. The first-order valence-corrected chi connectivity index (χ1v) is 7.55. The molecule has 2 aromatic carbocycles. The van der Waals surface area contributed by atoms with Gasteiger partial charge in [-0.3, -0.25) is 4.31 Å². The van der Waals surface area contributed by atoms with Crippen LogP contribution in [0, 0.1) is 11.6 Å². The number of hydrogen-bond acceptors (Lipinski definition) is 3. The highest BCUT2D eigenvalue weighted by atomic mass is 35.5. The fourth-order valence-corrected chi connectivity index (χ4v) is 3.45. The molecule has 2 N–H and O–H groups in total. The summed E-state index contributed by atoms with van der Waals surface area (Å²) >= 11 is 5.76. The van der Waals surface area contributed by atoms with E-state index >= 15 is 0 Å². The van der Waals surface area contributed by atoms with Crippen LogP contribution in [0.5, 0.6) is 0 Å². The van der Waals surface area contributed by atoms with Gasteiger partial charge >= 0.3 is 0 Å². The summed E-state index contributed by atoms with van der Waals surface area (Å²) < 4.78 is 52.6. The Kier molecular flexibility index (Phi) is 4.06. The molecule has 2 rings (SSSR count). The number of hydrogen-bond donors (Lipinski definition) is 1. The van der Waals surface area contributed by atoms with Crippen molar-refractivity contribution < 1.29 is 17.2 Å². The number of halogens is 3.